The van der Waals surface area contributed by atoms with E-state index >= 15 is 0 Å². The second-order valence-corrected chi connectivity index (χ2v) is 4.15. The summed E-state index contributed by atoms with van der Waals surface area (Å²) < 4.78 is 0. The molecule has 0 spiro atoms. The van der Waals surface area contributed by atoms with Gasteiger partial charge in [0.1, 0.15) is 0 Å². The van der Waals surface area contributed by atoms with E-state index in [1.54, 1.807) is 0 Å². The third kappa shape index (κ3) is 3.12. The van der Waals surface area contributed by atoms with Crippen LogP contribution < -0.4 is 5.43 Å². The predicted octanol–water partition coefficient (Wildman–Crippen LogP) is 2.24. The van der Waals surface area contributed by atoms with Gasteiger partial charge in [0.05, 0.1) is 6.04 Å². The molecule has 1 unspecified atom stereocenters. The van der Waals surface area contributed by atoms with E-state index < -0.39 is 0 Å². The van der Waals surface area contributed by atoms with E-state index in [0.29, 0.717) is 0 Å². The molecule has 2 rings (SSSR count). The van der Waals surface area contributed by atoms with E-state index in [4.69, 9.17) is 0 Å². The largest absolute Gasteiger partial charge is 0.265 e. The van der Waals surface area contributed by atoms with Gasteiger partial charge in [0, 0.05) is 26.5 Å². The molecule has 0 saturated heterocycles. The zero-order valence-corrected chi connectivity index (χ0v) is 10.2. The molecule has 3 nitrogen and oxygen atoms in total. The lowest BCUT2D eigenvalue weighted by Crippen LogP contribution is -2.34. The molecule has 0 saturated carbocycles. The molecule has 0 aliphatic heterocycles. The summed E-state index contributed by atoms with van der Waals surface area (Å²) in [5, 5.41) is 1.97. The topological polar surface area (TPSA) is 28.2 Å². The summed E-state index contributed by atoms with van der Waals surface area (Å²) in [6.45, 7) is 0. The van der Waals surface area contributed by atoms with Gasteiger partial charge in [-0.15, -0.1) is 0 Å². The van der Waals surface area contributed by atoms with Crippen molar-refractivity contribution in [3.05, 3.63) is 66.0 Å². The lowest BCUT2D eigenvalue weighted by molar-refractivity contribution is 0.261. The Balaban J connectivity index is 2.32. The maximum atomic E-state index is 4.06. The average molecular weight is 227 g/mol. The summed E-state index contributed by atoms with van der Waals surface area (Å²) >= 11 is 0. The summed E-state index contributed by atoms with van der Waals surface area (Å²) in [7, 11) is 3.99. The molecular formula is C14H17N3. The molecule has 3 heteroatoms. The molecule has 0 fully saturated rings. The number of rotatable bonds is 4. The van der Waals surface area contributed by atoms with Crippen LogP contribution in [0.25, 0.3) is 0 Å². The predicted molar refractivity (Wildman–Crippen MR) is 69.3 cm³/mol. The first-order valence-corrected chi connectivity index (χ1v) is 5.66. The summed E-state index contributed by atoms with van der Waals surface area (Å²) in [6.07, 6.45) is 3.64. The monoisotopic (exact) mass is 227 g/mol. The minimum atomic E-state index is 0.161. The number of hydrogen-bond acceptors (Lipinski definition) is 3. The van der Waals surface area contributed by atoms with Crippen molar-refractivity contribution in [2.45, 2.75) is 6.04 Å². The Morgan fingerprint density at radius 3 is 2.12 bits per heavy atom. The molecule has 0 amide bonds. The van der Waals surface area contributed by atoms with E-state index in [1.807, 2.05) is 49.7 Å². The maximum absolute atomic E-state index is 4.06. The van der Waals surface area contributed by atoms with Crippen LogP contribution in [0.5, 0.6) is 0 Å². The normalized spacial score (nSPS) is 12.6. The van der Waals surface area contributed by atoms with Gasteiger partial charge in [-0.05, 0) is 23.3 Å². The van der Waals surface area contributed by atoms with Crippen LogP contribution in [0.1, 0.15) is 17.2 Å². The number of hydrogen-bond donors (Lipinski definition) is 1. The van der Waals surface area contributed by atoms with E-state index in [9.17, 15) is 0 Å². The Kier molecular flexibility index (Phi) is 3.85. The SMILES string of the molecule is CN(C)NC(c1ccccc1)c1ccncc1. The van der Waals surface area contributed by atoms with Crippen molar-refractivity contribution in [1.29, 1.82) is 0 Å². The average Bonchev–Trinajstić information content (AvgIpc) is 2.38. The van der Waals surface area contributed by atoms with Gasteiger partial charge in [0.15, 0.2) is 0 Å². The third-order valence-electron chi connectivity index (χ3n) is 2.56. The lowest BCUT2D eigenvalue weighted by atomic mass is 10.0. The molecule has 0 bridgehead atoms. The van der Waals surface area contributed by atoms with Gasteiger partial charge < -0.3 is 0 Å². The highest BCUT2D eigenvalue weighted by Crippen LogP contribution is 2.21. The molecule has 1 aromatic carbocycles. The van der Waals surface area contributed by atoms with Gasteiger partial charge >= 0.3 is 0 Å². The lowest BCUT2D eigenvalue weighted by Gasteiger charge is -2.23. The second kappa shape index (κ2) is 5.57. The number of nitrogens with one attached hydrogen (secondary N) is 1. The van der Waals surface area contributed by atoms with Crippen LogP contribution in [0, 0.1) is 0 Å². The van der Waals surface area contributed by atoms with E-state index in [1.165, 1.54) is 11.1 Å². The first-order valence-electron chi connectivity index (χ1n) is 5.66. The number of aromatic nitrogens is 1. The Hall–Kier alpha value is -1.71. The van der Waals surface area contributed by atoms with Crippen molar-refractivity contribution in [3.63, 3.8) is 0 Å². The van der Waals surface area contributed by atoms with Crippen LogP contribution in [-0.4, -0.2) is 24.1 Å². The molecule has 17 heavy (non-hydrogen) atoms. The van der Waals surface area contributed by atoms with Crippen molar-refractivity contribution in [2.75, 3.05) is 14.1 Å². The third-order valence-corrected chi connectivity index (χ3v) is 2.56. The molecule has 0 radical (unpaired) electrons. The minimum Gasteiger partial charge on any atom is -0.265 e. The fourth-order valence-electron chi connectivity index (χ4n) is 1.80. The molecule has 0 aliphatic carbocycles. The molecule has 0 aliphatic rings. The van der Waals surface area contributed by atoms with E-state index in [0.717, 1.165) is 0 Å². The molecule has 1 heterocycles. The molecule has 1 aromatic heterocycles. The zero-order valence-electron chi connectivity index (χ0n) is 10.2. The Morgan fingerprint density at radius 1 is 0.941 bits per heavy atom. The summed E-state index contributed by atoms with van der Waals surface area (Å²) in [5.41, 5.74) is 5.87. The smallest absolute Gasteiger partial charge is 0.0715 e. The van der Waals surface area contributed by atoms with Crippen LogP contribution in [0.4, 0.5) is 0 Å². The van der Waals surface area contributed by atoms with Gasteiger partial charge in [-0.1, -0.05) is 30.3 Å². The highest BCUT2D eigenvalue weighted by molar-refractivity contribution is 5.30. The molecule has 2 aromatic rings. The van der Waals surface area contributed by atoms with Crippen LogP contribution >= 0.6 is 0 Å². The molecule has 1 N–H and O–H groups in total. The molecule has 1 atom stereocenters. The highest BCUT2D eigenvalue weighted by atomic mass is 15.5. The van der Waals surface area contributed by atoms with Crippen molar-refractivity contribution < 1.29 is 0 Å². The standard InChI is InChI=1S/C14H17N3/c1-17(2)16-14(12-6-4-3-5-7-12)13-8-10-15-11-9-13/h3-11,14,16H,1-2H3. The fraction of sp³-hybridized carbons (Fsp3) is 0.214. The van der Waals surface area contributed by atoms with Gasteiger partial charge in [-0.2, -0.15) is 0 Å². The van der Waals surface area contributed by atoms with Crippen LogP contribution in [0.3, 0.4) is 0 Å². The number of nitrogens with zero attached hydrogens (tertiary/aromatic N) is 2. The minimum absolute atomic E-state index is 0.161. The summed E-state index contributed by atoms with van der Waals surface area (Å²) in [5.74, 6) is 0. The maximum Gasteiger partial charge on any atom is 0.0715 e. The Labute approximate surface area is 102 Å². The van der Waals surface area contributed by atoms with Gasteiger partial charge in [0.2, 0.25) is 0 Å². The van der Waals surface area contributed by atoms with Crippen LogP contribution in [0.2, 0.25) is 0 Å². The first kappa shape index (κ1) is 11.8. The van der Waals surface area contributed by atoms with E-state index in [-0.39, 0.29) is 6.04 Å². The zero-order chi connectivity index (χ0) is 12.1. The van der Waals surface area contributed by atoms with Gasteiger partial charge in [-0.3, -0.25) is 4.98 Å². The van der Waals surface area contributed by atoms with Crippen molar-refractivity contribution >= 4 is 0 Å². The second-order valence-electron chi connectivity index (χ2n) is 4.15. The Morgan fingerprint density at radius 2 is 1.53 bits per heavy atom. The van der Waals surface area contributed by atoms with E-state index in [2.05, 4.69) is 34.7 Å². The molecular weight excluding hydrogens is 210 g/mol. The number of hydrazine groups is 1. The quantitative estimate of drug-likeness (QED) is 0.812. The summed E-state index contributed by atoms with van der Waals surface area (Å²) in [4.78, 5) is 4.06. The van der Waals surface area contributed by atoms with Crippen LogP contribution in [-0.2, 0) is 0 Å². The first-order chi connectivity index (χ1) is 8.27. The van der Waals surface area contributed by atoms with Crippen molar-refractivity contribution in [2.24, 2.45) is 0 Å². The van der Waals surface area contributed by atoms with Gasteiger partial charge in [-0.25, -0.2) is 10.4 Å². The van der Waals surface area contributed by atoms with Gasteiger partial charge in [0.25, 0.3) is 0 Å². The summed E-state index contributed by atoms with van der Waals surface area (Å²) in [6, 6.07) is 14.6. The number of pyridine rings is 1. The fourth-order valence-corrected chi connectivity index (χ4v) is 1.80. The molecule has 88 valence electrons. The number of benzene rings is 1. The van der Waals surface area contributed by atoms with Crippen molar-refractivity contribution in [1.82, 2.24) is 15.4 Å². The Bertz CT molecular complexity index is 400. The van der Waals surface area contributed by atoms with Crippen LogP contribution in [0.15, 0.2) is 54.9 Å². The highest BCUT2D eigenvalue weighted by Gasteiger charge is 2.13. The van der Waals surface area contributed by atoms with Crippen molar-refractivity contribution in [3.8, 4) is 0 Å².